The summed E-state index contributed by atoms with van der Waals surface area (Å²) >= 11 is 0. The number of carbonyl (C=O) groups is 2. The molecule has 1 heterocycles. The zero-order valence-electron chi connectivity index (χ0n) is 22.1. The topological polar surface area (TPSA) is 105 Å². The summed E-state index contributed by atoms with van der Waals surface area (Å²) in [5, 5.41) is 16.1. The van der Waals surface area contributed by atoms with Crippen molar-refractivity contribution >= 4 is 17.6 Å². The molecule has 2 N–H and O–H groups in total. The second kappa shape index (κ2) is 12.8. The van der Waals surface area contributed by atoms with E-state index < -0.39 is 35.1 Å². The zero-order chi connectivity index (χ0) is 28.7. The maximum Gasteiger partial charge on any atom is 0.326 e. The number of hydrogen-bond acceptors (Lipinski definition) is 5. The Hall–Kier alpha value is -4.60. The molecular formula is C29H30F2N4O4. The van der Waals surface area contributed by atoms with Gasteiger partial charge in [-0.15, -0.1) is 0 Å². The lowest BCUT2D eigenvalue weighted by atomic mass is 9.99. The standard InChI is InChI=1S/C29H30F2N4O4/c1-5-13-35(18(3)6-2)25-17-32-34(4)28(37)21(25)15-19-9-7-10-20(14-19)16-24(29(38)39)33-27(36)26-22(30)11-8-12-23(26)31/h5-14,17,24H,15-16H2,1-4H3,(H,33,36)(H,38,39)/b13-5-,18-6-/t24-/m0/s1. The van der Waals surface area contributed by atoms with E-state index in [1.165, 1.54) is 4.68 Å². The summed E-state index contributed by atoms with van der Waals surface area (Å²) in [6.45, 7) is 5.67. The number of amides is 1. The normalized spacial score (nSPS) is 12.4. The first-order valence-electron chi connectivity index (χ1n) is 12.2. The highest BCUT2D eigenvalue weighted by molar-refractivity contribution is 5.97. The van der Waals surface area contributed by atoms with Gasteiger partial charge in [0, 0.05) is 37.3 Å². The van der Waals surface area contributed by atoms with Crippen LogP contribution in [0.4, 0.5) is 14.5 Å². The molecule has 0 aliphatic heterocycles. The number of carboxylic acids is 1. The molecule has 0 bridgehead atoms. The Balaban J connectivity index is 1.91. The summed E-state index contributed by atoms with van der Waals surface area (Å²) in [6, 6.07) is 8.44. The van der Waals surface area contributed by atoms with Crippen molar-refractivity contribution in [3.05, 3.63) is 117 Å². The van der Waals surface area contributed by atoms with E-state index in [2.05, 4.69) is 10.4 Å². The average Bonchev–Trinajstić information content (AvgIpc) is 2.89. The predicted octanol–water partition coefficient (Wildman–Crippen LogP) is 4.34. The first-order valence-corrected chi connectivity index (χ1v) is 12.2. The van der Waals surface area contributed by atoms with Crippen LogP contribution in [0.5, 0.6) is 0 Å². The highest BCUT2D eigenvalue weighted by Gasteiger charge is 2.25. The van der Waals surface area contributed by atoms with Gasteiger partial charge in [-0.3, -0.25) is 9.59 Å². The molecule has 1 amide bonds. The number of aromatic nitrogens is 2. The van der Waals surface area contributed by atoms with E-state index in [1.807, 2.05) is 44.0 Å². The Morgan fingerprint density at radius 1 is 1.13 bits per heavy atom. The Morgan fingerprint density at radius 3 is 2.38 bits per heavy atom. The quantitative estimate of drug-likeness (QED) is 0.400. The van der Waals surface area contributed by atoms with Gasteiger partial charge in [0.25, 0.3) is 11.5 Å². The third-order valence-electron chi connectivity index (χ3n) is 6.18. The molecule has 0 aliphatic rings. The van der Waals surface area contributed by atoms with Crippen LogP contribution in [0.25, 0.3) is 0 Å². The van der Waals surface area contributed by atoms with Crippen LogP contribution in [0.3, 0.4) is 0 Å². The molecule has 0 saturated carbocycles. The van der Waals surface area contributed by atoms with Gasteiger partial charge in [-0.1, -0.05) is 42.5 Å². The highest BCUT2D eigenvalue weighted by atomic mass is 19.1. The average molecular weight is 537 g/mol. The van der Waals surface area contributed by atoms with Crippen molar-refractivity contribution in [1.82, 2.24) is 15.1 Å². The van der Waals surface area contributed by atoms with Gasteiger partial charge in [-0.2, -0.15) is 5.10 Å². The minimum absolute atomic E-state index is 0.144. The van der Waals surface area contributed by atoms with E-state index in [-0.39, 0.29) is 18.4 Å². The maximum absolute atomic E-state index is 14.0. The monoisotopic (exact) mass is 536 g/mol. The van der Waals surface area contributed by atoms with Gasteiger partial charge in [0.1, 0.15) is 23.2 Å². The number of anilines is 1. The molecule has 2 aromatic carbocycles. The van der Waals surface area contributed by atoms with Gasteiger partial charge in [0.2, 0.25) is 0 Å². The number of benzene rings is 2. The summed E-state index contributed by atoms with van der Waals surface area (Å²) in [4.78, 5) is 39.4. The van der Waals surface area contributed by atoms with E-state index in [1.54, 1.807) is 37.5 Å². The number of aliphatic carboxylic acids is 1. The van der Waals surface area contributed by atoms with Crippen molar-refractivity contribution in [3.8, 4) is 0 Å². The summed E-state index contributed by atoms with van der Waals surface area (Å²) in [6.07, 6.45) is 7.30. The molecule has 1 aromatic heterocycles. The largest absolute Gasteiger partial charge is 0.480 e. The number of halogens is 2. The van der Waals surface area contributed by atoms with Crippen LogP contribution >= 0.6 is 0 Å². The van der Waals surface area contributed by atoms with Crippen LogP contribution in [0.2, 0.25) is 0 Å². The van der Waals surface area contributed by atoms with Crippen LogP contribution < -0.4 is 15.8 Å². The molecular weight excluding hydrogens is 506 g/mol. The third-order valence-corrected chi connectivity index (χ3v) is 6.18. The number of hydrogen-bond donors (Lipinski definition) is 2. The molecule has 0 radical (unpaired) electrons. The number of nitrogens with zero attached hydrogens (tertiary/aromatic N) is 3. The van der Waals surface area contributed by atoms with Crippen LogP contribution in [-0.4, -0.2) is 32.8 Å². The van der Waals surface area contributed by atoms with Crippen molar-refractivity contribution < 1.29 is 23.5 Å². The summed E-state index contributed by atoms with van der Waals surface area (Å²) in [5.41, 5.74) is 2.15. The molecule has 204 valence electrons. The molecule has 3 aromatic rings. The number of rotatable bonds is 10. The van der Waals surface area contributed by atoms with E-state index in [0.717, 1.165) is 29.5 Å². The summed E-state index contributed by atoms with van der Waals surface area (Å²) in [7, 11) is 1.56. The molecule has 1 atom stereocenters. The van der Waals surface area contributed by atoms with Crippen molar-refractivity contribution in [1.29, 1.82) is 0 Å². The number of nitrogens with one attached hydrogen (secondary N) is 1. The molecule has 0 unspecified atom stereocenters. The van der Waals surface area contributed by atoms with Crippen LogP contribution in [-0.2, 0) is 24.7 Å². The SMILES string of the molecule is C/C=C\N(/C(C)=C\C)c1cnn(C)c(=O)c1Cc1cccc(C[C@H](NC(=O)c2c(F)cccc2F)C(=O)O)c1. The second-order valence-electron chi connectivity index (χ2n) is 8.88. The number of carboxylic acid groups (broad SMARTS) is 1. The lowest BCUT2D eigenvalue weighted by Crippen LogP contribution is -2.43. The van der Waals surface area contributed by atoms with Crippen LogP contribution in [0.15, 0.2) is 77.5 Å². The van der Waals surface area contributed by atoms with E-state index >= 15 is 0 Å². The lowest BCUT2D eigenvalue weighted by molar-refractivity contribution is -0.139. The molecule has 0 spiro atoms. The predicted molar refractivity (Wildman–Crippen MR) is 144 cm³/mol. The second-order valence-corrected chi connectivity index (χ2v) is 8.88. The summed E-state index contributed by atoms with van der Waals surface area (Å²) in [5.74, 6) is -4.70. The van der Waals surface area contributed by atoms with E-state index in [4.69, 9.17) is 0 Å². The van der Waals surface area contributed by atoms with Crippen molar-refractivity contribution in [3.63, 3.8) is 0 Å². The molecule has 8 nitrogen and oxygen atoms in total. The lowest BCUT2D eigenvalue weighted by Gasteiger charge is -2.24. The minimum atomic E-state index is -1.45. The van der Waals surface area contributed by atoms with Crippen LogP contribution in [0.1, 0.15) is 47.8 Å². The number of carbonyl (C=O) groups excluding carboxylic acids is 1. The Labute approximate surface area is 224 Å². The molecule has 0 saturated heterocycles. The van der Waals surface area contributed by atoms with E-state index in [0.29, 0.717) is 16.8 Å². The van der Waals surface area contributed by atoms with Crippen molar-refractivity contribution in [2.45, 2.75) is 39.7 Å². The Bertz CT molecular complexity index is 1480. The van der Waals surface area contributed by atoms with Gasteiger partial charge < -0.3 is 15.3 Å². The van der Waals surface area contributed by atoms with Gasteiger partial charge in [-0.05, 0) is 44.0 Å². The first-order chi connectivity index (χ1) is 18.6. The molecule has 10 heteroatoms. The molecule has 0 aliphatic carbocycles. The minimum Gasteiger partial charge on any atom is -0.480 e. The van der Waals surface area contributed by atoms with Crippen molar-refractivity contribution in [2.75, 3.05) is 4.90 Å². The van der Waals surface area contributed by atoms with Gasteiger partial charge in [-0.25, -0.2) is 18.3 Å². The van der Waals surface area contributed by atoms with Crippen LogP contribution in [0, 0.1) is 11.6 Å². The first kappa shape index (κ1) is 29.0. The highest BCUT2D eigenvalue weighted by Crippen LogP contribution is 2.24. The molecule has 3 rings (SSSR count). The van der Waals surface area contributed by atoms with E-state index in [9.17, 15) is 28.3 Å². The fraction of sp³-hybridized carbons (Fsp3) is 0.241. The molecule has 39 heavy (non-hydrogen) atoms. The zero-order valence-corrected chi connectivity index (χ0v) is 22.1. The Morgan fingerprint density at radius 2 is 1.77 bits per heavy atom. The fourth-order valence-electron chi connectivity index (χ4n) is 4.08. The smallest absolute Gasteiger partial charge is 0.326 e. The number of aryl methyl sites for hydroxylation is 1. The van der Waals surface area contributed by atoms with Crippen molar-refractivity contribution in [2.24, 2.45) is 7.05 Å². The fourth-order valence-corrected chi connectivity index (χ4v) is 4.08. The number of allylic oxidation sites excluding steroid dienone is 3. The Kier molecular flexibility index (Phi) is 9.48. The summed E-state index contributed by atoms with van der Waals surface area (Å²) < 4.78 is 29.3. The third kappa shape index (κ3) is 6.84. The molecule has 0 fully saturated rings. The van der Waals surface area contributed by atoms with Gasteiger partial charge >= 0.3 is 5.97 Å². The van der Waals surface area contributed by atoms with Gasteiger partial charge in [0.15, 0.2) is 0 Å². The van der Waals surface area contributed by atoms with Gasteiger partial charge in [0.05, 0.1) is 11.9 Å². The maximum atomic E-state index is 14.0.